The Hall–Kier alpha value is -1.06. The monoisotopic (exact) mass is 529 g/mol. The largest absolute Gasteiger partial charge is 0.381 e. The van der Waals surface area contributed by atoms with E-state index in [-0.39, 0.29) is 24.0 Å². The molecule has 2 aliphatic heterocycles. The summed E-state index contributed by atoms with van der Waals surface area (Å²) in [5.41, 5.74) is 1.34. The minimum atomic E-state index is 0. The number of hydrogen-bond donors (Lipinski definition) is 1. The number of para-hydroxylation sites is 1. The van der Waals surface area contributed by atoms with Gasteiger partial charge in [0.1, 0.15) is 0 Å². The molecule has 3 rings (SSSR count). The van der Waals surface area contributed by atoms with Crippen molar-refractivity contribution in [3.63, 3.8) is 0 Å². The van der Waals surface area contributed by atoms with E-state index >= 15 is 0 Å². The topological polar surface area (TPSA) is 43.3 Å². The number of rotatable bonds is 7. The molecule has 1 atom stereocenters. The summed E-state index contributed by atoms with van der Waals surface area (Å²) in [4.78, 5) is 11.8. The van der Waals surface area contributed by atoms with Crippen LogP contribution in [0.4, 0.5) is 5.69 Å². The van der Waals surface area contributed by atoms with Gasteiger partial charge in [-0.3, -0.25) is 9.89 Å². The van der Waals surface area contributed by atoms with Crippen molar-refractivity contribution < 1.29 is 4.74 Å². The Labute approximate surface area is 200 Å². The lowest BCUT2D eigenvalue weighted by molar-refractivity contribution is 0.0625. The Bertz CT molecular complexity index is 615. The molecule has 2 aliphatic rings. The molecule has 1 aromatic rings. The minimum absolute atomic E-state index is 0. The first-order chi connectivity index (χ1) is 14.2. The highest BCUT2D eigenvalue weighted by Crippen LogP contribution is 2.19. The van der Waals surface area contributed by atoms with Gasteiger partial charge in [0.15, 0.2) is 5.96 Å². The van der Waals surface area contributed by atoms with Crippen molar-refractivity contribution in [2.24, 2.45) is 10.9 Å². The van der Waals surface area contributed by atoms with Crippen LogP contribution in [0, 0.1) is 5.92 Å². The van der Waals surface area contributed by atoms with Gasteiger partial charge in [-0.2, -0.15) is 0 Å². The molecule has 170 valence electrons. The zero-order valence-corrected chi connectivity index (χ0v) is 21.3. The average Bonchev–Trinajstić information content (AvgIpc) is 2.79. The number of nitrogens with zero attached hydrogens (tertiary/aromatic N) is 4. The molecule has 30 heavy (non-hydrogen) atoms. The Morgan fingerprint density at radius 2 is 1.83 bits per heavy atom. The van der Waals surface area contributed by atoms with Crippen molar-refractivity contribution in [3.8, 4) is 0 Å². The SMILES string of the molecule is CN=C(NCC(C)N1CCN(c2ccccc2)CC1)N(C)CCC1CCOCC1.I. The van der Waals surface area contributed by atoms with Crippen LogP contribution in [0.2, 0.25) is 0 Å². The molecule has 0 aromatic heterocycles. The molecular formula is C23H40IN5O. The summed E-state index contributed by atoms with van der Waals surface area (Å²) in [6, 6.07) is 11.2. The Morgan fingerprint density at radius 1 is 1.17 bits per heavy atom. The molecule has 0 bridgehead atoms. The van der Waals surface area contributed by atoms with Crippen LogP contribution < -0.4 is 10.2 Å². The standard InChI is InChI=1S/C23H39N5O.HI/c1-20(27-13-15-28(16-14-27)22-7-5-4-6-8-22)19-25-23(24-2)26(3)12-9-21-10-17-29-18-11-21;/h4-8,20-21H,9-19H2,1-3H3,(H,24,25);1H. The van der Waals surface area contributed by atoms with E-state index in [9.17, 15) is 0 Å². The Balaban J connectivity index is 0.00000320. The molecular weight excluding hydrogens is 489 g/mol. The molecule has 0 aliphatic carbocycles. The maximum Gasteiger partial charge on any atom is 0.193 e. The number of hydrogen-bond acceptors (Lipinski definition) is 4. The maximum atomic E-state index is 5.47. The summed E-state index contributed by atoms with van der Waals surface area (Å²) < 4.78 is 5.47. The van der Waals surface area contributed by atoms with Gasteiger partial charge in [-0.05, 0) is 44.2 Å². The van der Waals surface area contributed by atoms with Crippen LogP contribution >= 0.6 is 24.0 Å². The smallest absolute Gasteiger partial charge is 0.193 e. The molecule has 2 heterocycles. The third-order valence-electron chi connectivity index (χ3n) is 6.40. The molecule has 6 nitrogen and oxygen atoms in total. The predicted octanol–water partition coefficient (Wildman–Crippen LogP) is 3.14. The summed E-state index contributed by atoms with van der Waals surface area (Å²) >= 11 is 0. The number of piperazine rings is 1. The zero-order valence-electron chi connectivity index (χ0n) is 18.9. The van der Waals surface area contributed by atoms with Crippen molar-refractivity contribution in [2.45, 2.75) is 32.2 Å². The molecule has 7 heteroatoms. The first-order valence-electron chi connectivity index (χ1n) is 11.2. The number of aliphatic imine (C=N–C) groups is 1. The van der Waals surface area contributed by atoms with Crippen molar-refractivity contribution in [3.05, 3.63) is 30.3 Å². The summed E-state index contributed by atoms with van der Waals surface area (Å²) in [5.74, 6) is 1.80. The van der Waals surface area contributed by atoms with Crippen molar-refractivity contribution in [1.29, 1.82) is 0 Å². The summed E-state index contributed by atoms with van der Waals surface area (Å²) in [6.45, 7) is 10.6. The van der Waals surface area contributed by atoms with Gasteiger partial charge in [0.25, 0.3) is 0 Å². The van der Waals surface area contributed by atoms with Crippen LogP contribution in [-0.2, 0) is 4.74 Å². The quantitative estimate of drug-likeness (QED) is 0.334. The van der Waals surface area contributed by atoms with E-state index in [0.717, 1.165) is 64.4 Å². The van der Waals surface area contributed by atoms with E-state index in [4.69, 9.17) is 4.74 Å². The van der Waals surface area contributed by atoms with Crippen LogP contribution in [0.3, 0.4) is 0 Å². The molecule has 0 saturated carbocycles. The zero-order chi connectivity index (χ0) is 20.5. The number of nitrogens with one attached hydrogen (secondary N) is 1. The van der Waals surface area contributed by atoms with Gasteiger partial charge in [0, 0.05) is 78.3 Å². The molecule has 2 saturated heterocycles. The second-order valence-electron chi connectivity index (χ2n) is 8.40. The lowest BCUT2D eigenvalue weighted by Crippen LogP contribution is -2.53. The normalized spacial score (nSPS) is 19.8. The maximum absolute atomic E-state index is 5.47. The molecule has 0 radical (unpaired) electrons. The first-order valence-corrected chi connectivity index (χ1v) is 11.2. The second kappa shape index (κ2) is 13.4. The van der Waals surface area contributed by atoms with Crippen LogP contribution in [0.5, 0.6) is 0 Å². The second-order valence-corrected chi connectivity index (χ2v) is 8.40. The summed E-state index contributed by atoms with van der Waals surface area (Å²) in [5, 5.41) is 3.59. The van der Waals surface area contributed by atoms with Crippen LogP contribution in [0.15, 0.2) is 35.3 Å². The molecule has 1 N–H and O–H groups in total. The van der Waals surface area contributed by atoms with Crippen molar-refractivity contribution >= 4 is 35.6 Å². The Kier molecular flexibility index (Phi) is 11.2. The van der Waals surface area contributed by atoms with Crippen molar-refractivity contribution in [2.75, 3.05) is 71.5 Å². The molecule has 1 unspecified atom stereocenters. The summed E-state index contributed by atoms with van der Waals surface area (Å²) in [7, 11) is 4.04. The van der Waals surface area contributed by atoms with Gasteiger partial charge in [-0.25, -0.2) is 0 Å². The van der Waals surface area contributed by atoms with Gasteiger partial charge in [-0.1, -0.05) is 18.2 Å². The fraction of sp³-hybridized carbons (Fsp3) is 0.696. The number of guanidine groups is 1. The molecule has 0 amide bonds. The Morgan fingerprint density at radius 3 is 2.47 bits per heavy atom. The number of benzene rings is 1. The van der Waals surface area contributed by atoms with Gasteiger partial charge >= 0.3 is 0 Å². The predicted molar refractivity (Wildman–Crippen MR) is 137 cm³/mol. The number of halogens is 1. The molecule has 0 spiro atoms. The van der Waals surface area contributed by atoms with E-state index in [1.165, 1.54) is 24.9 Å². The highest BCUT2D eigenvalue weighted by molar-refractivity contribution is 14.0. The van der Waals surface area contributed by atoms with E-state index in [1.807, 2.05) is 7.05 Å². The third kappa shape index (κ3) is 7.57. The molecule has 1 aromatic carbocycles. The van der Waals surface area contributed by atoms with Gasteiger partial charge in [-0.15, -0.1) is 24.0 Å². The highest BCUT2D eigenvalue weighted by Gasteiger charge is 2.22. The average molecular weight is 530 g/mol. The van der Waals surface area contributed by atoms with Crippen LogP contribution in [0.1, 0.15) is 26.2 Å². The van der Waals surface area contributed by atoms with Gasteiger partial charge in [0.05, 0.1) is 0 Å². The fourth-order valence-electron chi connectivity index (χ4n) is 4.33. The van der Waals surface area contributed by atoms with Gasteiger partial charge < -0.3 is 19.9 Å². The minimum Gasteiger partial charge on any atom is -0.381 e. The van der Waals surface area contributed by atoms with E-state index in [1.54, 1.807) is 0 Å². The van der Waals surface area contributed by atoms with E-state index in [2.05, 4.69) is 69.3 Å². The number of anilines is 1. The van der Waals surface area contributed by atoms with E-state index in [0.29, 0.717) is 6.04 Å². The van der Waals surface area contributed by atoms with E-state index < -0.39 is 0 Å². The summed E-state index contributed by atoms with van der Waals surface area (Å²) in [6.07, 6.45) is 3.62. The first kappa shape index (κ1) is 25.2. The number of ether oxygens (including phenoxy) is 1. The van der Waals surface area contributed by atoms with Crippen molar-refractivity contribution in [1.82, 2.24) is 15.1 Å². The third-order valence-corrected chi connectivity index (χ3v) is 6.40. The van der Waals surface area contributed by atoms with Crippen LogP contribution in [0.25, 0.3) is 0 Å². The highest BCUT2D eigenvalue weighted by atomic mass is 127. The fourth-order valence-corrected chi connectivity index (χ4v) is 4.33. The lowest BCUT2D eigenvalue weighted by Gasteiger charge is -2.39. The van der Waals surface area contributed by atoms with Gasteiger partial charge in [0.2, 0.25) is 0 Å². The van der Waals surface area contributed by atoms with Crippen LogP contribution in [-0.4, -0.2) is 88.4 Å². The lowest BCUT2D eigenvalue weighted by atomic mass is 9.96. The molecule has 2 fully saturated rings.